The Hall–Kier alpha value is -2.51. The molecule has 0 atom stereocenters. The van der Waals surface area contributed by atoms with E-state index in [1.807, 2.05) is 30.5 Å². The van der Waals surface area contributed by atoms with Crippen LogP contribution in [-0.2, 0) is 4.79 Å². The molecule has 1 heterocycles. The van der Waals surface area contributed by atoms with Crippen LogP contribution in [0.15, 0.2) is 57.8 Å². The highest BCUT2D eigenvalue weighted by molar-refractivity contribution is 7.98. The lowest BCUT2D eigenvalue weighted by Gasteiger charge is -2.24. The smallest absolute Gasteiger partial charge is 0.322 e. The number of carbonyl (C=O) groups excluding carboxylic acids is 1. The van der Waals surface area contributed by atoms with E-state index in [0.29, 0.717) is 16.7 Å². The van der Waals surface area contributed by atoms with Crippen LogP contribution in [0.2, 0.25) is 5.02 Å². The zero-order chi connectivity index (χ0) is 19.4. The third-order valence-electron chi connectivity index (χ3n) is 3.72. The summed E-state index contributed by atoms with van der Waals surface area (Å²) in [6.07, 6.45) is 2.00. The monoisotopic (exact) mass is 403 g/mol. The lowest BCUT2D eigenvalue weighted by Crippen LogP contribution is -2.42. The molecule has 0 saturated heterocycles. The Morgan fingerprint density at radius 3 is 2.41 bits per heavy atom. The molecule has 0 fully saturated rings. The van der Waals surface area contributed by atoms with E-state index in [9.17, 15) is 4.79 Å². The first-order chi connectivity index (χ1) is 12.9. The first-order valence-corrected chi connectivity index (χ1v) is 9.71. The van der Waals surface area contributed by atoms with Crippen LogP contribution in [0.1, 0.15) is 13.8 Å². The number of hydrogen-bond donors (Lipinski definition) is 1. The molecule has 0 bridgehead atoms. The number of hydrogen-bond acceptors (Lipinski definition) is 6. The van der Waals surface area contributed by atoms with Crippen LogP contribution in [0.4, 0.5) is 6.01 Å². The average Bonchev–Trinajstić information content (AvgIpc) is 3.12. The van der Waals surface area contributed by atoms with Gasteiger partial charge in [0.1, 0.15) is 5.75 Å². The number of nitrogens with one attached hydrogen (secondary N) is 1. The van der Waals surface area contributed by atoms with Gasteiger partial charge < -0.3 is 9.15 Å². The summed E-state index contributed by atoms with van der Waals surface area (Å²) in [6.45, 7) is 3.30. The summed E-state index contributed by atoms with van der Waals surface area (Å²) < 4.78 is 11.3. The minimum atomic E-state index is -1.15. The van der Waals surface area contributed by atoms with Crippen molar-refractivity contribution in [1.82, 2.24) is 10.2 Å². The van der Waals surface area contributed by atoms with Gasteiger partial charge in [-0.3, -0.25) is 10.1 Å². The molecule has 0 aliphatic heterocycles. The van der Waals surface area contributed by atoms with E-state index in [0.717, 1.165) is 10.5 Å². The molecule has 3 rings (SSSR count). The number of ether oxygens (including phenoxy) is 1. The number of halogens is 1. The molecule has 3 aromatic rings. The molecule has 1 N–H and O–H groups in total. The topological polar surface area (TPSA) is 77.2 Å². The fourth-order valence-electron chi connectivity index (χ4n) is 2.22. The number of amides is 1. The number of carbonyl (C=O) groups is 1. The quantitative estimate of drug-likeness (QED) is 0.589. The second kappa shape index (κ2) is 8.02. The van der Waals surface area contributed by atoms with E-state index in [1.54, 1.807) is 49.9 Å². The lowest BCUT2D eigenvalue weighted by molar-refractivity contribution is -0.128. The van der Waals surface area contributed by atoms with Gasteiger partial charge in [0.25, 0.3) is 5.91 Å². The number of rotatable bonds is 6. The molecule has 0 radical (unpaired) electrons. The summed E-state index contributed by atoms with van der Waals surface area (Å²) in [6, 6.07) is 14.5. The Morgan fingerprint density at radius 2 is 1.78 bits per heavy atom. The highest BCUT2D eigenvalue weighted by Crippen LogP contribution is 2.25. The summed E-state index contributed by atoms with van der Waals surface area (Å²) in [5, 5.41) is 11.0. The van der Waals surface area contributed by atoms with Crippen LogP contribution in [0.25, 0.3) is 11.5 Å². The van der Waals surface area contributed by atoms with Crippen molar-refractivity contribution in [2.24, 2.45) is 0 Å². The van der Waals surface area contributed by atoms with E-state index >= 15 is 0 Å². The normalized spacial score (nSPS) is 11.3. The molecule has 1 aromatic heterocycles. The molecule has 1 amide bonds. The van der Waals surface area contributed by atoms with Crippen LogP contribution in [0, 0.1) is 0 Å². The maximum Gasteiger partial charge on any atom is 0.322 e. The predicted molar refractivity (Wildman–Crippen MR) is 106 cm³/mol. The molecule has 2 aromatic carbocycles. The number of nitrogens with zero attached hydrogens (tertiary/aromatic N) is 2. The highest BCUT2D eigenvalue weighted by Gasteiger charge is 2.31. The fourth-order valence-corrected chi connectivity index (χ4v) is 2.75. The molecule has 8 heteroatoms. The van der Waals surface area contributed by atoms with Gasteiger partial charge in [-0.15, -0.1) is 16.9 Å². The average molecular weight is 404 g/mol. The standard InChI is InChI=1S/C19H18ClN3O3S/c1-19(2,26-14-8-6-13(20)7-9-14)17(24)21-18-23-22-16(25-18)12-4-10-15(27-3)11-5-12/h4-11H,1-3H3,(H,21,23,24). The maximum atomic E-state index is 12.5. The first-order valence-electron chi connectivity index (χ1n) is 8.11. The van der Waals surface area contributed by atoms with Gasteiger partial charge in [0, 0.05) is 15.5 Å². The molecule has 6 nitrogen and oxygen atoms in total. The van der Waals surface area contributed by atoms with Crippen molar-refractivity contribution in [3.05, 3.63) is 53.6 Å². The van der Waals surface area contributed by atoms with Gasteiger partial charge in [0.05, 0.1) is 0 Å². The van der Waals surface area contributed by atoms with E-state index in [2.05, 4.69) is 15.5 Å². The van der Waals surface area contributed by atoms with Crippen molar-refractivity contribution in [3.63, 3.8) is 0 Å². The van der Waals surface area contributed by atoms with Gasteiger partial charge in [-0.25, -0.2) is 0 Å². The van der Waals surface area contributed by atoms with Gasteiger partial charge in [-0.2, -0.15) is 0 Å². The van der Waals surface area contributed by atoms with E-state index < -0.39 is 11.5 Å². The first kappa shape index (κ1) is 19.3. The molecular formula is C19H18ClN3O3S. The molecule has 0 aliphatic carbocycles. The maximum absolute atomic E-state index is 12.5. The van der Waals surface area contributed by atoms with Gasteiger partial charge in [0.15, 0.2) is 5.60 Å². The van der Waals surface area contributed by atoms with Gasteiger partial charge >= 0.3 is 6.01 Å². The second-order valence-corrected chi connectivity index (χ2v) is 7.48. The van der Waals surface area contributed by atoms with E-state index in [-0.39, 0.29) is 6.01 Å². The zero-order valence-electron chi connectivity index (χ0n) is 15.0. The number of benzene rings is 2. The van der Waals surface area contributed by atoms with Crippen molar-refractivity contribution < 1.29 is 13.9 Å². The highest BCUT2D eigenvalue weighted by atomic mass is 35.5. The summed E-state index contributed by atoms with van der Waals surface area (Å²) in [7, 11) is 0. The predicted octanol–water partition coefficient (Wildman–Crippen LogP) is 4.91. The Bertz CT molecular complexity index is 924. The van der Waals surface area contributed by atoms with Gasteiger partial charge in [0.2, 0.25) is 5.89 Å². The van der Waals surface area contributed by atoms with Crippen molar-refractivity contribution in [2.75, 3.05) is 11.6 Å². The van der Waals surface area contributed by atoms with Gasteiger partial charge in [-0.1, -0.05) is 16.7 Å². The third-order valence-corrected chi connectivity index (χ3v) is 4.71. The zero-order valence-corrected chi connectivity index (χ0v) is 16.6. The number of thioether (sulfide) groups is 1. The van der Waals surface area contributed by atoms with Crippen molar-refractivity contribution in [3.8, 4) is 17.2 Å². The Labute approximate surface area is 166 Å². The fraction of sp³-hybridized carbons (Fsp3) is 0.211. The Morgan fingerprint density at radius 1 is 1.11 bits per heavy atom. The molecule has 0 saturated carbocycles. The molecule has 0 unspecified atom stereocenters. The SMILES string of the molecule is CSc1ccc(-c2nnc(NC(=O)C(C)(C)Oc3ccc(Cl)cc3)o2)cc1. The summed E-state index contributed by atoms with van der Waals surface area (Å²) in [4.78, 5) is 13.7. The van der Waals surface area contributed by atoms with Gasteiger partial charge in [-0.05, 0) is 68.6 Å². The number of anilines is 1. The van der Waals surface area contributed by atoms with E-state index in [1.165, 1.54) is 0 Å². The minimum absolute atomic E-state index is 0.0109. The van der Waals surface area contributed by atoms with Crippen molar-refractivity contribution in [2.45, 2.75) is 24.3 Å². The summed E-state index contributed by atoms with van der Waals surface area (Å²) >= 11 is 7.50. The second-order valence-electron chi connectivity index (χ2n) is 6.16. The molecular weight excluding hydrogens is 386 g/mol. The van der Waals surface area contributed by atoms with Crippen LogP contribution in [-0.4, -0.2) is 28.0 Å². The van der Waals surface area contributed by atoms with Crippen LogP contribution in [0.5, 0.6) is 5.75 Å². The van der Waals surface area contributed by atoms with Crippen molar-refractivity contribution in [1.29, 1.82) is 0 Å². The largest absolute Gasteiger partial charge is 0.478 e. The lowest BCUT2D eigenvalue weighted by atomic mass is 10.1. The molecule has 140 valence electrons. The minimum Gasteiger partial charge on any atom is -0.478 e. The molecule has 0 aliphatic rings. The van der Waals surface area contributed by atoms with Crippen LogP contribution >= 0.6 is 23.4 Å². The van der Waals surface area contributed by atoms with Crippen LogP contribution in [0.3, 0.4) is 0 Å². The molecule has 27 heavy (non-hydrogen) atoms. The summed E-state index contributed by atoms with van der Waals surface area (Å²) in [5.74, 6) is 0.444. The number of aromatic nitrogens is 2. The Kier molecular flexibility index (Phi) is 5.72. The van der Waals surface area contributed by atoms with Crippen molar-refractivity contribution >= 4 is 35.3 Å². The third kappa shape index (κ3) is 4.81. The van der Waals surface area contributed by atoms with Crippen LogP contribution < -0.4 is 10.1 Å². The summed E-state index contributed by atoms with van der Waals surface area (Å²) in [5.41, 5.74) is -0.375. The van der Waals surface area contributed by atoms with E-state index in [4.69, 9.17) is 20.8 Å². The Balaban J connectivity index is 1.68. The molecule has 0 spiro atoms.